The lowest BCUT2D eigenvalue weighted by molar-refractivity contribution is 0.776. The molecular weight excluding hydrogens is 410 g/mol. The second-order valence-corrected chi connectivity index (χ2v) is 7.92. The number of nitrogens with one attached hydrogen (secondary N) is 2. The highest BCUT2D eigenvalue weighted by molar-refractivity contribution is 6.07. The van der Waals surface area contributed by atoms with Gasteiger partial charge in [-0.05, 0) is 58.0 Å². The number of fused-ring (bicyclic) bond motifs is 1. The molecule has 0 amide bonds. The molecule has 1 aromatic carbocycles. The van der Waals surface area contributed by atoms with Gasteiger partial charge in [0.15, 0.2) is 0 Å². The highest BCUT2D eigenvalue weighted by atomic mass is 15.0. The van der Waals surface area contributed by atoms with Gasteiger partial charge in [0.05, 0.1) is 40.6 Å². The lowest BCUT2D eigenvalue weighted by Crippen LogP contribution is -2.31. The fourth-order valence-corrected chi connectivity index (χ4v) is 3.40. The van der Waals surface area contributed by atoms with Gasteiger partial charge in [-0.25, -0.2) is 4.98 Å². The van der Waals surface area contributed by atoms with Crippen molar-refractivity contribution in [3.8, 4) is 23.4 Å². The van der Waals surface area contributed by atoms with E-state index in [-0.39, 0.29) is 5.71 Å². The van der Waals surface area contributed by atoms with Crippen LogP contribution < -0.4 is 5.32 Å². The molecule has 0 fully saturated rings. The summed E-state index contributed by atoms with van der Waals surface area (Å²) in [6.45, 7) is 7.36. The van der Waals surface area contributed by atoms with Crippen molar-refractivity contribution in [2.24, 2.45) is 10.9 Å². The van der Waals surface area contributed by atoms with Gasteiger partial charge in [0.1, 0.15) is 11.8 Å². The van der Waals surface area contributed by atoms with E-state index in [4.69, 9.17) is 15.4 Å². The monoisotopic (exact) mass is 435 g/mol. The number of amidine groups is 1. The van der Waals surface area contributed by atoms with Crippen LogP contribution >= 0.6 is 0 Å². The molecule has 0 saturated heterocycles. The number of allylic oxidation sites excluding steroid dienone is 1. The van der Waals surface area contributed by atoms with Gasteiger partial charge in [-0.3, -0.25) is 9.98 Å². The van der Waals surface area contributed by atoms with Gasteiger partial charge in [-0.2, -0.15) is 10.5 Å². The number of nitrogens with zero attached hydrogens (tertiary/aromatic N) is 5. The van der Waals surface area contributed by atoms with E-state index in [2.05, 4.69) is 22.4 Å². The van der Waals surface area contributed by atoms with Gasteiger partial charge in [-0.1, -0.05) is 17.7 Å². The van der Waals surface area contributed by atoms with Crippen LogP contribution in [0.3, 0.4) is 0 Å². The largest absolute Gasteiger partial charge is 0.349 e. The number of aromatic nitrogens is 2. The van der Waals surface area contributed by atoms with Gasteiger partial charge in [0.25, 0.3) is 0 Å². The Balaban J connectivity index is 2.23. The second-order valence-electron chi connectivity index (χ2n) is 7.92. The third-order valence-electron chi connectivity index (χ3n) is 5.02. The molecule has 0 aliphatic rings. The van der Waals surface area contributed by atoms with Crippen LogP contribution in [0.2, 0.25) is 0 Å². The Kier molecular flexibility index (Phi) is 7.27. The first-order valence-corrected chi connectivity index (χ1v) is 10.5. The number of nitriles is 2. The van der Waals surface area contributed by atoms with E-state index in [9.17, 15) is 10.5 Å². The van der Waals surface area contributed by atoms with Gasteiger partial charge in [0, 0.05) is 29.1 Å². The molecule has 7 nitrogen and oxygen atoms in total. The van der Waals surface area contributed by atoms with Crippen LogP contribution in [0.25, 0.3) is 22.2 Å². The van der Waals surface area contributed by atoms with Gasteiger partial charge < -0.3 is 10.7 Å². The Hall–Kier alpha value is -4.36. The molecule has 2 atom stereocenters. The first kappa shape index (κ1) is 23.3. The Bertz CT molecular complexity index is 1320. The zero-order valence-electron chi connectivity index (χ0n) is 19.1. The van der Waals surface area contributed by atoms with E-state index < -0.39 is 12.0 Å². The molecule has 2 heterocycles. The molecule has 33 heavy (non-hydrogen) atoms. The molecule has 0 aliphatic carbocycles. The summed E-state index contributed by atoms with van der Waals surface area (Å²) in [7, 11) is 0. The van der Waals surface area contributed by atoms with Crippen molar-refractivity contribution in [1.29, 1.82) is 15.9 Å². The summed E-state index contributed by atoms with van der Waals surface area (Å²) >= 11 is 0. The maximum Gasteiger partial charge on any atom is 0.141 e. The van der Waals surface area contributed by atoms with Crippen LogP contribution in [-0.4, -0.2) is 21.5 Å². The predicted molar refractivity (Wildman–Crippen MR) is 131 cm³/mol. The van der Waals surface area contributed by atoms with Crippen molar-refractivity contribution >= 4 is 22.5 Å². The van der Waals surface area contributed by atoms with Gasteiger partial charge in [0.2, 0.25) is 0 Å². The van der Waals surface area contributed by atoms with Crippen LogP contribution in [0.15, 0.2) is 65.4 Å². The van der Waals surface area contributed by atoms with E-state index in [1.807, 2.05) is 51.1 Å². The molecule has 3 rings (SSSR count). The molecule has 2 unspecified atom stereocenters. The number of hydrogen-bond donors (Lipinski definition) is 2. The maximum absolute atomic E-state index is 9.66. The Morgan fingerprint density at radius 3 is 2.55 bits per heavy atom. The molecule has 7 heteroatoms. The summed E-state index contributed by atoms with van der Waals surface area (Å²) in [5.74, 6) is -0.412. The molecular formula is C26H25N7. The number of benzene rings is 1. The fraction of sp³-hybridized carbons (Fsp3) is 0.231. The Labute approximate surface area is 193 Å². The van der Waals surface area contributed by atoms with Crippen LogP contribution in [0.4, 0.5) is 0 Å². The molecule has 0 spiro atoms. The first-order valence-electron chi connectivity index (χ1n) is 10.5. The summed E-state index contributed by atoms with van der Waals surface area (Å²) in [5.41, 5.74) is 4.59. The minimum atomic E-state index is -0.799. The summed E-state index contributed by atoms with van der Waals surface area (Å²) in [6.07, 6.45) is 3.48. The highest BCUT2D eigenvalue weighted by Gasteiger charge is 2.22. The van der Waals surface area contributed by atoms with E-state index >= 15 is 0 Å². The lowest BCUT2D eigenvalue weighted by atomic mass is 9.99. The van der Waals surface area contributed by atoms with Crippen molar-refractivity contribution in [3.63, 3.8) is 0 Å². The molecule has 164 valence electrons. The average Bonchev–Trinajstić information content (AvgIpc) is 2.81. The van der Waals surface area contributed by atoms with Crippen molar-refractivity contribution in [2.45, 2.75) is 33.7 Å². The van der Waals surface area contributed by atoms with Crippen molar-refractivity contribution in [2.75, 3.05) is 0 Å². The third kappa shape index (κ3) is 5.28. The molecule has 3 aromatic rings. The van der Waals surface area contributed by atoms with Crippen molar-refractivity contribution < 1.29 is 0 Å². The second kappa shape index (κ2) is 10.3. The fourth-order valence-electron chi connectivity index (χ4n) is 3.40. The Morgan fingerprint density at radius 2 is 1.94 bits per heavy atom. The molecule has 2 N–H and O–H groups in total. The van der Waals surface area contributed by atoms with Crippen molar-refractivity contribution in [1.82, 2.24) is 15.3 Å². The quantitative estimate of drug-likeness (QED) is 0.401. The number of rotatable bonds is 6. The van der Waals surface area contributed by atoms with E-state index in [1.165, 1.54) is 0 Å². The number of hydrogen-bond acceptors (Lipinski definition) is 6. The van der Waals surface area contributed by atoms with Crippen LogP contribution in [0.1, 0.15) is 45.0 Å². The molecule has 2 aromatic heterocycles. The number of pyridine rings is 2. The summed E-state index contributed by atoms with van der Waals surface area (Å²) < 4.78 is 0. The zero-order chi connectivity index (χ0) is 24.0. The molecule has 0 radical (unpaired) electrons. The van der Waals surface area contributed by atoms with E-state index in [1.54, 1.807) is 31.5 Å². The van der Waals surface area contributed by atoms with E-state index in [0.717, 1.165) is 22.2 Å². The summed E-state index contributed by atoms with van der Waals surface area (Å²) in [4.78, 5) is 14.1. The minimum Gasteiger partial charge on any atom is -0.349 e. The van der Waals surface area contributed by atoms with Crippen LogP contribution in [0.5, 0.6) is 0 Å². The van der Waals surface area contributed by atoms with Crippen molar-refractivity contribution in [3.05, 3.63) is 71.7 Å². The molecule has 0 bridgehead atoms. The van der Waals surface area contributed by atoms with Gasteiger partial charge >= 0.3 is 0 Å². The molecule has 0 aliphatic heterocycles. The molecule has 0 saturated carbocycles. The standard InChI is InChI=1S/C26H25N7/c1-16(2)15-31-26(22(14-28)17(3)29)32-18(4)25-21(23-9-5-6-11-30-23)12-20-19(13-27)8-7-10-24(20)33-25/h5-12,15,18,22,29H,1-4H3,(H,31,32). The lowest BCUT2D eigenvalue weighted by Gasteiger charge is -2.18. The normalized spacial score (nSPS) is 12.8. The van der Waals surface area contributed by atoms with Crippen LogP contribution in [0, 0.1) is 34.0 Å². The first-order chi connectivity index (χ1) is 15.8. The van der Waals surface area contributed by atoms with Crippen LogP contribution in [-0.2, 0) is 0 Å². The third-order valence-corrected chi connectivity index (χ3v) is 5.02. The Morgan fingerprint density at radius 1 is 1.15 bits per heavy atom. The summed E-state index contributed by atoms with van der Waals surface area (Å²) in [6, 6.07) is 16.9. The zero-order valence-corrected chi connectivity index (χ0v) is 19.1. The minimum absolute atomic E-state index is 0.202. The summed E-state index contributed by atoms with van der Waals surface area (Å²) in [5, 5.41) is 31.1. The highest BCUT2D eigenvalue weighted by Crippen LogP contribution is 2.32. The average molecular weight is 436 g/mol. The maximum atomic E-state index is 9.66. The topological polar surface area (TPSA) is 122 Å². The SMILES string of the molecule is CC(=N)C(C#N)C(=NC(C)c1nc2cccc(C#N)c2cc1-c1ccccn1)NC=C(C)C. The predicted octanol–water partition coefficient (Wildman–Crippen LogP) is 5.32. The smallest absolute Gasteiger partial charge is 0.141 e. The van der Waals surface area contributed by atoms with E-state index in [0.29, 0.717) is 22.6 Å². The number of aliphatic imine (C=N–C) groups is 1. The van der Waals surface area contributed by atoms with Gasteiger partial charge in [-0.15, -0.1) is 0 Å².